The molecule has 0 radical (unpaired) electrons. The summed E-state index contributed by atoms with van der Waals surface area (Å²) in [6.45, 7) is 9.33. The monoisotopic (exact) mass is 377 g/mol. The van der Waals surface area contributed by atoms with E-state index >= 15 is 0 Å². The Hall–Kier alpha value is -2.12. The molecule has 7 heteroatoms. The summed E-state index contributed by atoms with van der Waals surface area (Å²) >= 11 is 0. The summed E-state index contributed by atoms with van der Waals surface area (Å²) in [6.07, 6.45) is 0.656. The third-order valence-corrected chi connectivity index (χ3v) is 4.84. The first kappa shape index (κ1) is 21.2. The molecule has 1 aromatic carbocycles. The van der Waals surface area contributed by atoms with Crippen LogP contribution in [-0.4, -0.2) is 72.8 Å². The minimum absolute atomic E-state index is 0.114. The number of benzene rings is 1. The predicted molar refractivity (Wildman–Crippen MR) is 105 cm³/mol. The van der Waals surface area contributed by atoms with E-state index in [-0.39, 0.29) is 18.7 Å². The summed E-state index contributed by atoms with van der Waals surface area (Å²) in [5.74, 6) is 0.145. The topological polar surface area (TPSA) is 82.1 Å². The fraction of sp³-hybridized carbons (Fsp3) is 0.600. The van der Waals surface area contributed by atoms with Gasteiger partial charge >= 0.3 is 12.0 Å². The number of methoxy groups -OCH3 is 1. The predicted octanol–water partition coefficient (Wildman–Crippen LogP) is 2.34. The number of carbonyl (C=O) groups is 2. The standard InChI is InChI=1S/C20H31N3O4/c1-14(2)12-22-8-9-23(13-17(22)7-10-24)20(26)21-18-6-5-16(11-15(18)3)19(25)27-4/h5-6,11,14,17,24H,7-10,12-13H2,1-4H3,(H,21,26). The second kappa shape index (κ2) is 9.71. The van der Waals surface area contributed by atoms with E-state index in [2.05, 4.69) is 24.1 Å². The van der Waals surface area contributed by atoms with Gasteiger partial charge in [-0.2, -0.15) is 0 Å². The van der Waals surface area contributed by atoms with Gasteiger partial charge in [-0.3, -0.25) is 4.90 Å². The van der Waals surface area contributed by atoms with E-state index in [1.807, 2.05) is 6.92 Å². The van der Waals surface area contributed by atoms with Crippen LogP contribution in [0.1, 0.15) is 36.2 Å². The van der Waals surface area contributed by atoms with Gasteiger partial charge in [-0.1, -0.05) is 13.8 Å². The molecule has 2 amide bonds. The number of anilines is 1. The van der Waals surface area contributed by atoms with Crippen molar-refractivity contribution < 1.29 is 19.4 Å². The molecule has 1 unspecified atom stereocenters. The summed E-state index contributed by atoms with van der Waals surface area (Å²) in [4.78, 5) is 28.5. The van der Waals surface area contributed by atoms with Crippen molar-refractivity contribution >= 4 is 17.7 Å². The Kier molecular flexibility index (Phi) is 7.62. The molecule has 2 N–H and O–H groups in total. The highest BCUT2D eigenvalue weighted by Gasteiger charge is 2.29. The quantitative estimate of drug-likeness (QED) is 0.744. The molecule has 1 aliphatic heterocycles. The van der Waals surface area contributed by atoms with Gasteiger partial charge in [0.05, 0.1) is 12.7 Å². The fourth-order valence-corrected chi connectivity index (χ4v) is 3.45. The number of amides is 2. The first-order chi connectivity index (χ1) is 12.8. The molecule has 0 aliphatic carbocycles. The highest BCUT2D eigenvalue weighted by Crippen LogP contribution is 2.20. The van der Waals surface area contributed by atoms with Gasteiger partial charge in [0, 0.05) is 44.5 Å². The van der Waals surface area contributed by atoms with Crippen LogP contribution in [0.5, 0.6) is 0 Å². The van der Waals surface area contributed by atoms with Crippen LogP contribution in [0.4, 0.5) is 10.5 Å². The first-order valence-electron chi connectivity index (χ1n) is 9.45. The lowest BCUT2D eigenvalue weighted by atomic mass is 10.1. The molecule has 0 bridgehead atoms. The number of aryl methyl sites for hydroxylation is 1. The molecule has 1 aliphatic rings. The van der Waals surface area contributed by atoms with Crippen LogP contribution in [0.15, 0.2) is 18.2 Å². The van der Waals surface area contributed by atoms with E-state index in [4.69, 9.17) is 4.74 Å². The zero-order valence-electron chi connectivity index (χ0n) is 16.7. The van der Waals surface area contributed by atoms with Crippen LogP contribution in [0.2, 0.25) is 0 Å². The maximum atomic E-state index is 12.7. The van der Waals surface area contributed by atoms with Crippen molar-refractivity contribution in [2.45, 2.75) is 33.2 Å². The van der Waals surface area contributed by atoms with Crippen molar-refractivity contribution in [1.29, 1.82) is 0 Å². The van der Waals surface area contributed by atoms with Gasteiger partial charge in [0.1, 0.15) is 0 Å². The van der Waals surface area contributed by atoms with Gasteiger partial charge in [0.15, 0.2) is 0 Å². The molecular formula is C20H31N3O4. The molecule has 0 saturated carbocycles. The number of nitrogens with zero attached hydrogens (tertiary/aromatic N) is 2. The van der Waals surface area contributed by atoms with Gasteiger partial charge in [0.2, 0.25) is 0 Å². The summed E-state index contributed by atoms with van der Waals surface area (Å²) in [5.41, 5.74) is 1.94. The van der Waals surface area contributed by atoms with Crippen molar-refractivity contribution in [3.8, 4) is 0 Å². The van der Waals surface area contributed by atoms with E-state index in [1.165, 1.54) is 7.11 Å². The highest BCUT2D eigenvalue weighted by atomic mass is 16.5. The lowest BCUT2D eigenvalue weighted by Crippen LogP contribution is -2.56. The van der Waals surface area contributed by atoms with Crippen molar-refractivity contribution in [2.24, 2.45) is 5.92 Å². The van der Waals surface area contributed by atoms with Gasteiger partial charge in [-0.15, -0.1) is 0 Å². The molecule has 0 spiro atoms. The number of aliphatic hydroxyl groups excluding tert-OH is 1. The number of rotatable bonds is 6. The molecule has 27 heavy (non-hydrogen) atoms. The van der Waals surface area contributed by atoms with E-state index in [0.717, 1.165) is 18.7 Å². The van der Waals surface area contributed by atoms with E-state index in [9.17, 15) is 14.7 Å². The number of nitrogens with one attached hydrogen (secondary N) is 1. The summed E-state index contributed by atoms with van der Waals surface area (Å²) in [6, 6.07) is 5.08. The molecule has 1 atom stereocenters. The lowest BCUT2D eigenvalue weighted by molar-refractivity contribution is 0.0600. The van der Waals surface area contributed by atoms with E-state index in [1.54, 1.807) is 23.1 Å². The Labute approximate surface area is 161 Å². The number of esters is 1. The van der Waals surface area contributed by atoms with Crippen LogP contribution in [0.3, 0.4) is 0 Å². The maximum absolute atomic E-state index is 12.7. The fourth-order valence-electron chi connectivity index (χ4n) is 3.45. The van der Waals surface area contributed by atoms with Gasteiger partial charge < -0.3 is 20.1 Å². The molecule has 1 fully saturated rings. The molecule has 7 nitrogen and oxygen atoms in total. The van der Waals surface area contributed by atoms with Crippen LogP contribution in [0, 0.1) is 12.8 Å². The average molecular weight is 377 g/mol. The Balaban J connectivity index is 2.02. The number of aliphatic hydroxyl groups is 1. The molecule has 1 aromatic rings. The number of ether oxygens (including phenoxy) is 1. The minimum atomic E-state index is -0.399. The van der Waals surface area contributed by atoms with Gasteiger partial charge in [0.25, 0.3) is 0 Å². The molecule has 1 saturated heterocycles. The van der Waals surface area contributed by atoms with Gasteiger partial charge in [-0.25, -0.2) is 9.59 Å². The summed E-state index contributed by atoms with van der Waals surface area (Å²) < 4.78 is 4.72. The van der Waals surface area contributed by atoms with E-state index < -0.39 is 5.97 Å². The normalized spacial score (nSPS) is 17.9. The van der Waals surface area contributed by atoms with Crippen molar-refractivity contribution in [3.05, 3.63) is 29.3 Å². The Morgan fingerprint density at radius 2 is 2.07 bits per heavy atom. The number of piperazine rings is 1. The number of hydrogen-bond donors (Lipinski definition) is 2. The molecule has 150 valence electrons. The van der Waals surface area contributed by atoms with E-state index in [0.29, 0.717) is 36.7 Å². The van der Waals surface area contributed by atoms with Crippen LogP contribution < -0.4 is 5.32 Å². The Bertz CT molecular complexity index is 663. The minimum Gasteiger partial charge on any atom is -0.465 e. The molecule has 1 heterocycles. The zero-order valence-corrected chi connectivity index (χ0v) is 16.7. The summed E-state index contributed by atoms with van der Waals surface area (Å²) in [5, 5.41) is 12.3. The largest absolute Gasteiger partial charge is 0.465 e. The Morgan fingerprint density at radius 3 is 2.67 bits per heavy atom. The molecule has 2 rings (SSSR count). The number of carbonyl (C=O) groups excluding carboxylic acids is 2. The van der Waals surface area contributed by atoms with Crippen molar-refractivity contribution in [3.63, 3.8) is 0 Å². The van der Waals surface area contributed by atoms with Crippen molar-refractivity contribution in [1.82, 2.24) is 9.80 Å². The second-order valence-corrected chi connectivity index (χ2v) is 7.45. The average Bonchev–Trinajstić information content (AvgIpc) is 2.63. The SMILES string of the molecule is COC(=O)c1ccc(NC(=O)N2CCN(CC(C)C)C(CCO)C2)c(C)c1. The molecule has 0 aromatic heterocycles. The first-order valence-corrected chi connectivity index (χ1v) is 9.45. The Morgan fingerprint density at radius 1 is 1.33 bits per heavy atom. The second-order valence-electron chi connectivity index (χ2n) is 7.45. The third kappa shape index (κ3) is 5.68. The summed E-state index contributed by atoms with van der Waals surface area (Å²) in [7, 11) is 1.34. The number of hydrogen-bond acceptors (Lipinski definition) is 5. The lowest BCUT2D eigenvalue weighted by Gasteiger charge is -2.42. The van der Waals surface area contributed by atoms with Crippen LogP contribution >= 0.6 is 0 Å². The van der Waals surface area contributed by atoms with Crippen LogP contribution in [0.25, 0.3) is 0 Å². The number of urea groups is 1. The van der Waals surface area contributed by atoms with Crippen molar-refractivity contribution in [2.75, 3.05) is 45.2 Å². The molecular weight excluding hydrogens is 346 g/mol. The van der Waals surface area contributed by atoms with Crippen LogP contribution in [-0.2, 0) is 4.74 Å². The maximum Gasteiger partial charge on any atom is 0.337 e. The smallest absolute Gasteiger partial charge is 0.337 e. The van der Waals surface area contributed by atoms with Gasteiger partial charge in [-0.05, 0) is 43.0 Å². The highest BCUT2D eigenvalue weighted by molar-refractivity contribution is 5.93. The third-order valence-electron chi connectivity index (χ3n) is 4.84. The zero-order chi connectivity index (χ0) is 20.0.